The molecule has 2 atom stereocenters. The van der Waals surface area contributed by atoms with E-state index in [4.69, 9.17) is 10.3 Å². The van der Waals surface area contributed by atoms with Gasteiger partial charge < -0.3 is 11.1 Å². The summed E-state index contributed by atoms with van der Waals surface area (Å²) < 4.78 is 30.8. The number of nitrogen functional groups attached to an aromatic ring is 1. The number of carbonyl (C=O) groups is 3. The number of ketones is 1. The summed E-state index contributed by atoms with van der Waals surface area (Å²) in [5.41, 5.74) is 5.17. The third-order valence-corrected chi connectivity index (χ3v) is 4.52. The molecule has 2 rings (SSSR count). The minimum atomic E-state index is -4.68. The van der Waals surface area contributed by atoms with Crippen molar-refractivity contribution in [3.63, 3.8) is 0 Å². The van der Waals surface area contributed by atoms with Crippen molar-refractivity contribution in [2.24, 2.45) is 0 Å². The number of thiazole rings is 1. The summed E-state index contributed by atoms with van der Waals surface area (Å²) in [6.07, 6.45) is 0. The van der Waals surface area contributed by atoms with E-state index < -0.39 is 40.0 Å². The van der Waals surface area contributed by atoms with E-state index in [2.05, 4.69) is 10.3 Å². The minimum absolute atomic E-state index is 0.108. The fourth-order valence-corrected chi connectivity index (χ4v) is 3.24. The van der Waals surface area contributed by atoms with Crippen LogP contribution >= 0.6 is 11.3 Å². The molecule has 0 aromatic carbocycles. The fourth-order valence-electron chi connectivity index (χ4n) is 1.82. The van der Waals surface area contributed by atoms with E-state index in [9.17, 15) is 22.8 Å². The van der Waals surface area contributed by atoms with Crippen molar-refractivity contribution in [2.45, 2.75) is 19.0 Å². The fraction of sp³-hybridized carbons (Fsp3) is 0.333. The molecule has 1 aromatic rings. The Balaban J connectivity index is 2.05. The molecule has 10 nitrogen and oxygen atoms in total. The maximum absolute atomic E-state index is 11.7. The van der Waals surface area contributed by atoms with Gasteiger partial charge in [0, 0.05) is 5.38 Å². The molecule has 4 N–H and O–H groups in total. The Bertz CT molecular complexity index is 726. The first kappa shape index (κ1) is 15.3. The molecule has 0 spiro atoms. The standard InChI is InChI=1S/C9H10N4O6S2/c1-3-5(8(16)13(3)21(17,18)19)12-7(15)6(14)4-2-20-9(10)11-4/h2-3,5H,1H3,(H2,10,11)(H,12,15)(H,17,18,19)/t3-,5-/m0/s1. The van der Waals surface area contributed by atoms with E-state index in [1.165, 1.54) is 12.3 Å². The summed E-state index contributed by atoms with van der Waals surface area (Å²) in [4.78, 5) is 38.6. The number of hydrogen-bond donors (Lipinski definition) is 3. The Hall–Kier alpha value is -2.05. The molecule has 0 unspecified atom stereocenters. The zero-order valence-corrected chi connectivity index (χ0v) is 12.1. The lowest BCUT2D eigenvalue weighted by Crippen LogP contribution is -2.71. The molecule has 1 aliphatic rings. The highest BCUT2D eigenvalue weighted by molar-refractivity contribution is 7.84. The van der Waals surface area contributed by atoms with E-state index in [1.54, 1.807) is 0 Å². The number of aromatic nitrogens is 1. The van der Waals surface area contributed by atoms with Crippen LogP contribution < -0.4 is 11.1 Å². The van der Waals surface area contributed by atoms with Gasteiger partial charge in [0.15, 0.2) is 5.13 Å². The number of hydrogen-bond acceptors (Lipinski definition) is 8. The van der Waals surface area contributed by atoms with Gasteiger partial charge in [0.2, 0.25) is 0 Å². The van der Waals surface area contributed by atoms with Gasteiger partial charge in [-0.2, -0.15) is 8.42 Å². The van der Waals surface area contributed by atoms with Crippen LogP contribution in [0, 0.1) is 0 Å². The molecule has 0 bridgehead atoms. The number of Topliss-reactive ketones (excluding diaryl/α,β-unsaturated/α-hetero) is 1. The summed E-state index contributed by atoms with van der Waals surface area (Å²) in [6.45, 7) is 1.30. The van der Waals surface area contributed by atoms with Gasteiger partial charge in [0.1, 0.15) is 11.7 Å². The number of amides is 2. The van der Waals surface area contributed by atoms with Crippen LogP contribution in [0.15, 0.2) is 5.38 Å². The Labute approximate surface area is 122 Å². The Morgan fingerprint density at radius 1 is 1.52 bits per heavy atom. The average molecular weight is 334 g/mol. The first-order chi connectivity index (χ1) is 9.62. The Morgan fingerprint density at radius 2 is 2.14 bits per heavy atom. The van der Waals surface area contributed by atoms with Gasteiger partial charge in [-0.1, -0.05) is 0 Å². The van der Waals surface area contributed by atoms with Gasteiger partial charge in [-0.25, -0.2) is 9.29 Å². The smallest absolute Gasteiger partial charge is 0.362 e. The van der Waals surface area contributed by atoms with Crippen LogP contribution in [0.25, 0.3) is 0 Å². The van der Waals surface area contributed by atoms with Crippen molar-refractivity contribution in [3.8, 4) is 0 Å². The van der Waals surface area contributed by atoms with Gasteiger partial charge in [0.25, 0.3) is 17.6 Å². The molecule has 21 heavy (non-hydrogen) atoms. The molecule has 114 valence electrons. The zero-order valence-electron chi connectivity index (χ0n) is 10.5. The second kappa shape index (κ2) is 5.05. The molecule has 1 fully saturated rings. The predicted octanol–water partition coefficient (Wildman–Crippen LogP) is -1.57. The number of carbonyl (C=O) groups excluding carboxylic acids is 3. The third-order valence-electron chi connectivity index (χ3n) is 2.83. The first-order valence-corrected chi connectivity index (χ1v) is 7.77. The average Bonchev–Trinajstić information content (AvgIpc) is 2.80. The van der Waals surface area contributed by atoms with E-state index in [-0.39, 0.29) is 15.1 Å². The summed E-state index contributed by atoms with van der Waals surface area (Å²) in [5.74, 6) is -3.13. The van der Waals surface area contributed by atoms with E-state index in [1.807, 2.05) is 0 Å². The number of nitrogens with one attached hydrogen (secondary N) is 1. The Morgan fingerprint density at radius 3 is 2.57 bits per heavy atom. The quantitative estimate of drug-likeness (QED) is 0.257. The van der Waals surface area contributed by atoms with Crippen LogP contribution in [0.2, 0.25) is 0 Å². The molecule has 1 aromatic heterocycles. The van der Waals surface area contributed by atoms with Crippen molar-refractivity contribution in [2.75, 3.05) is 5.73 Å². The van der Waals surface area contributed by atoms with Crippen molar-refractivity contribution in [1.82, 2.24) is 14.6 Å². The number of rotatable bonds is 4. The first-order valence-electron chi connectivity index (χ1n) is 5.50. The minimum Gasteiger partial charge on any atom is -0.375 e. The number of β-lactam (4-membered cyclic amide) rings is 1. The van der Waals surface area contributed by atoms with E-state index >= 15 is 0 Å². The molecule has 2 heterocycles. The van der Waals surface area contributed by atoms with E-state index in [0.717, 1.165) is 11.3 Å². The molecule has 2 amide bonds. The summed E-state index contributed by atoms with van der Waals surface area (Å²) in [7, 11) is -4.68. The summed E-state index contributed by atoms with van der Waals surface area (Å²) in [6, 6.07) is -2.20. The second-order valence-corrected chi connectivity index (χ2v) is 6.38. The number of anilines is 1. The highest BCUT2D eigenvalue weighted by atomic mass is 32.2. The summed E-state index contributed by atoms with van der Waals surface area (Å²) in [5, 5.41) is 3.49. The largest absolute Gasteiger partial charge is 0.375 e. The van der Waals surface area contributed by atoms with Crippen molar-refractivity contribution in [1.29, 1.82) is 0 Å². The second-order valence-electron chi connectivity index (χ2n) is 4.20. The zero-order chi connectivity index (χ0) is 15.9. The molecular formula is C9H10N4O6S2. The van der Waals surface area contributed by atoms with Crippen LogP contribution in [0.4, 0.5) is 5.13 Å². The highest BCUT2D eigenvalue weighted by Crippen LogP contribution is 2.23. The Kier molecular flexibility index (Phi) is 3.69. The predicted molar refractivity (Wildman–Crippen MR) is 70.6 cm³/mol. The van der Waals surface area contributed by atoms with Crippen LogP contribution in [0.3, 0.4) is 0 Å². The van der Waals surface area contributed by atoms with Crippen molar-refractivity contribution in [3.05, 3.63) is 11.1 Å². The normalized spacial score (nSPS) is 21.8. The van der Waals surface area contributed by atoms with Gasteiger partial charge in [-0.05, 0) is 6.92 Å². The topological polar surface area (TPSA) is 160 Å². The molecular weight excluding hydrogens is 324 g/mol. The van der Waals surface area contributed by atoms with Crippen LogP contribution in [0.5, 0.6) is 0 Å². The lowest BCUT2D eigenvalue weighted by Gasteiger charge is -2.41. The highest BCUT2D eigenvalue weighted by Gasteiger charge is 2.51. The number of nitrogens with zero attached hydrogens (tertiary/aromatic N) is 2. The monoisotopic (exact) mass is 334 g/mol. The SMILES string of the molecule is C[C@H]1[C@H](NC(=O)C(=O)c2csc(N)n2)C(=O)N1S(=O)(=O)O. The van der Waals surface area contributed by atoms with E-state index in [0.29, 0.717) is 0 Å². The van der Waals surface area contributed by atoms with Crippen molar-refractivity contribution >= 4 is 44.4 Å². The molecule has 12 heteroatoms. The molecule has 0 radical (unpaired) electrons. The van der Waals surface area contributed by atoms with Gasteiger partial charge >= 0.3 is 10.3 Å². The maximum atomic E-state index is 11.7. The van der Waals surface area contributed by atoms with Gasteiger partial charge in [-0.15, -0.1) is 11.3 Å². The number of nitrogens with two attached hydrogens (primary N) is 1. The molecule has 0 aliphatic carbocycles. The van der Waals surface area contributed by atoms with Crippen molar-refractivity contribution < 1.29 is 27.4 Å². The van der Waals surface area contributed by atoms with Gasteiger partial charge in [0.05, 0.1) is 6.04 Å². The molecule has 1 saturated heterocycles. The lowest BCUT2D eigenvalue weighted by molar-refractivity contribution is -0.144. The lowest BCUT2D eigenvalue weighted by atomic mass is 10.0. The molecule has 1 aliphatic heterocycles. The van der Waals surface area contributed by atoms with Crippen LogP contribution in [0.1, 0.15) is 17.4 Å². The maximum Gasteiger partial charge on any atom is 0.362 e. The van der Waals surface area contributed by atoms with Gasteiger partial charge in [-0.3, -0.25) is 18.9 Å². The summed E-state index contributed by atoms with van der Waals surface area (Å²) >= 11 is 0.972. The third kappa shape index (κ3) is 2.72. The van der Waals surface area contributed by atoms with Crippen LogP contribution in [-0.4, -0.2) is 51.9 Å². The van der Waals surface area contributed by atoms with Crippen LogP contribution in [-0.2, 0) is 19.9 Å². The molecule has 0 saturated carbocycles.